The molecule has 0 bridgehead atoms. The van der Waals surface area contributed by atoms with Crippen molar-refractivity contribution >= 4 is 44.2 Å². The summed E-state index contributed by atoms with van der Waals surface area (Å²) in [4.78, 5) is 19.6. The molecule has 0 aliphatic rings. The lowest BCUT2D eigenvalue weighted by molar-refractivity contribution is 0.0983. The average Bonchev–Trinajstić information content (AvgIpc) is 3.42. The summed E-state index contributed by atoms with van der Waals surface area (Å²) in [5.41, 5.74) is 1.09. The highest BCUT2D eigenvalue weighted by atomic mass is 35.5. The molecule has 29 heavy (non-hydrogen) atoms. The molecular weight excluding hydrogens is 412 g/mol. The van der Waals surface area contributed by atoms with Crippen molar-refractivity contribution in [3.8, 4) is 11.5 Å². The standard InChI is InChI=1S/C21H17ClN2O4S/c1-26-14-6-3-5-13(11-14)20(25)24(12-15-7-4-10-28-15)21-23-18-17(27-2)9-8-16(22)19(18)29-21/h3-11H,12H2,1-2H3. The van der Waals surface area contributed by atoms with Crippen LogP contribution in [0.2, 0.25) is 5.02 Å². The number of benzene rings is 2. The Morgan fingerprint density at radius 2 is 2.03 bits per heavy atom. The first kappa shape index (κ1) is 19.3. The lowest BCUT2D eigenvalue weighted by Gasteiger charge is -2.19. The highest BCUT2D eigenvalue weighted by Crippen LogP contribution is 2.39. The Labute approximate surface area is 176 Å². The second-order valence-corrected chi connectivity index (χ2v) is 7.51. The zero-order chi connectivity index (χ0) is 20.4. The highest BCUT2D eigenvalue weighted by Gasteiger charge is 2.24. The Morgan fingerprint density at radius 3 is 2.76 bits per heavy atom. The van der Waals surface area contributed by atoms with Gasteiger partial charge in [0.2, 0.25) is 0 Å². The van der Waals surface area contributed by atoms with Gasteiger partial charge in [-0.25, -0.2) is 4.98 Å². The number of thiazole rings is 1. The molecule has 0 atom stereocenters. The monoisotopic (exact) mass is 428 g/mol. The number of anilines is 1. The third-order valence-corrected chi connectivity index (χ3v) is 5.89. The third kappa shape index (κ3) is 3.79. The molecule has 2 heterocycles. The van der Waals surface area contributed by atoms with Crippen molar-refractivity contribution in [3.63, 3.8) is 0 Å². The number of carbonyl (C=O) groups is 1. The maximum Gasteiger partial charge on any atom is 0.260 e. The number of nitrogens with zero attached hydrogens (tertiary/aromatic N) is 2. The summed E-state index contributed by atoms with van der Waals surface area (Å²) in [6.07, 6.45) is 1.57. The molecule has 0 radical (unpaired) electrons. The van der Waals surface area contributed by atoms with E-state index in [1.165, 1.54) is 11.3 Å². The summed E-state index contributed by atoms with van der Waals surface area (Å²) >= 11 is 7.68. The fourth-order valence-corrected chi connectivity index (χ4v) is 4.17. The fraction of sp³-hybridized carbons (Fsp3) is 0.143. The van der Waals surface area contributed by atoms with Crippen LogP contribution in [0.5, 0.6) is 11.5 Å². The second-order valence-electron chi connectivity index (χ2n) is 6.13. The van der Waals surface area contributed by atoms with Gasteiger partial charge in [-0.1, -0.05) is 29.0 Å². The van der Waals surface area contributed by atoms with Crippen LogP contribution in [-0.2, 0) is 6.54 Å². The van der Waals surface area contributed by atoms with Gasteiger partial charge >= 0.3 is 0 Å². The topological polar surface area (TPSA) is 64.8 Å². The maximum atomic E-state index is 13.4. The van der Waals surface area contributed by atoms with E-state index >= 15 is 0 Å². The van der Waals surface area contributed by atoms with E-state index < -0.39 is 0 Å². The Morgan fingerprint density at radius 1 is 1.17 bits per heavy atom. The molecule has 148 valence electrons. The molecule has 0 spiro atoms. The third-order valence-electron chi connectivity index (χ3n) is 4.35. The zero-order valence-electron chi connectivity index (χ0n) is 15.7. The molecule has 2 aromatic carbocycles. The molecule has 2 aromatic heterocycles. The minimum absolute atomic E-state index is 0.225. The van der Waals surface area contributed by atoms with Crippen LogP contribution >= 0.6 is 22.9 Å². The van der Waals surface area contributed by atoms with Crippen molar-refractivity contribution in [2.24, 2.45) is 0 Å². The number of hydrogen-bond donors (Lipinski definition) is 0. The van der Waals surface area contributed by atoms with Gasteiger partial charge in [0.05, 0.1) is 36.8 Å². The van der Waals surface area contributed by atoms with Crippen molar-refractivity contribution in [2.75, 3.05) is 19.1 Å². The van der Waals surface area contributed by atoms with Crippen LogP contribution in [0.25, 0.3) is 10.2 Å². The van der Waals surface area contributed by atoms with Gasteiger partial charge in [-0.2, -0.15) is 0 Å². The van der Waals surface area contributed by atoms with Crippen LogP contribution in [0, 0.1) is 0 Å². The van der Waals surface area contributed by atoms with Gasteiger partial charge in [-0.3, -0.25) is 9.69 Å². The van der Waals surface area contributed by atoms with E-state index in [-0.39, 0.29) is 12.5 Å². The molecular formula is C21H17ClN2O4S. The molecule has 0 fully saturated rings. The first-order valence-electron chi connectivity index (χ1n) is 8.72. The molecule has 0 aliphatic carbocycles. The van der Waals surface area contributed by atoms with Crippen LogP contribution in [0.1, 0.15) is 16.1 Å². The summed E-state index contributed by atoms with van der Waals surface area (Å²) in [5.74, 6) is 1.61. The SMILES string of the molecule is COc1cccc(C(=O)N(Cc2ccco2)c2nc3c(OC)ccc(Cl)c3s2)c1. The lowest BCUT2D eigenvalue weighted by Crippen LogP contribution is -2.30. The Balaban J connectivity index is 1.81. The molecule has 4 rings (SSSR count). The Bertz CT molecular complexity index is 1160. The van der Waals surface area contributed by atoms with Crippen molar-refractivity contribution in [1.82, 2.24) is 4.98 Å². The number of fused-ring (bicyclic) bond motifs is 1. The van der Waals surface area contributed by atoms with Gasteiger partial charge in [0.15, 0.2) is 5.13 Å². The fourth-order valence-electron chi connectivity index (χ4n) is 2.92. The Hall–Kier alpha value is -3.03. The van der Waals surface area contributed by atoms with Gasteiger partial charge in [0.25, 0.3) is 5.91 Å². The summed E-state index contributed by atoms with van der Waals surface area (Å²) < 4.78 is 16.9. The number of furan rings is 1. The van der Waals surface area contributed by atoms with Crippen molar-refractivity contribution < 1.29 is 18.7 Å². The van der Waals surface area contributed by atoms with Gasteiger partial charge in [0, 0.05) is 5.56 Å². The minimum atomic E-state index is -0.227. The van der Waals surface area contributed by atoms with Gasteiger partial charge in [-0.15, -0.1) is 0 Å². The average molecular weight is 429 g/mol. The molecule has 0 unspecified atom stereocenters. The number of rotatable bonds is 6. The number of amides is 1. The summed E-state index contributed by atoms with van der Waals surface area (Å²) in [6.45, 7) is 0.225. The predicted octanol–water partition coefficient (Wildman–Crippen LogP) is 5.41. The second kappa shape index (κ2) is 8.14. The van der Waals surface area contributed by atoms with E-state index in [0.717, 1.165) is 4.70 Å². The van der Waals surface area contributed by atoms with E-state index in [1.54, 1.807) is 67.8 Å². The van der Waals surface area contributed by atoms with Crippen LogP contribution in [0.3, 0.4) is 0 Å². The van der Waals surface area contributed by atoms with Crippen molar-refractivity contribution in [2.45, 2.75) is 6.54 Å². The molecule has 1 amide bonds. The largest absolute Gasteiger partial charge is 0.497 e. The smallest absolute Gasteiger partial charge is 0.260 e. The first-order valence-corrected chi connectivity index (χ1v) is 9.91. The molecule has 0 saturated heterocycles. The summed E-state index contributed by atoms with van der Waals surface area (Å²) in [6, 6.07) is 14.1. The van der Waals surface area contributed by atoms with Gasteiger partial charge in [0.1, 0.15) is 22.8 Å². The normalized spacial score (nSPS) is 10.9. The number of halogens is 1. The molecule has 0 N–H and O–H groups in total. The molecule has 8 heteroatoms. The van der Waals surface area contributed by atoms with Crippen molar-refractivity contribution in [3.05, 3.63) is 71.1 Å². The van der Waals surface area contributed by atoms with E-state index in [4.69, 9.17) is 25.5 Å². The van der Waals surface area contributed by atoms with Crippen LogP contribution in [0.15, 0.2) is 59.2 Å². The lowest BCUT2D eigenvalue weighted by atomic mass is 10.2. The van der Waals surface area contributed by atoms with E-state index in [9.17, 15) is 4.79 Å². The highest BCUT2D eigenvalue weighted by molar-refractivity contribution is 7.23. The van der Waals surface area contributed by atoms with E-state index in [0.29, 0.717) is 38.5 Å². The Kier molecular flexibility index (Phi) is 5.42. The van der Waals surface area contributed by atoms with Crippen LogP contribution < -0.4 is 14.4 Å². The quantitative estimate of drug-likeness (QED) is 0.411. The molecule has 6 nitrogen and oxygen atoms in total. The van der Waals surface area contributed by atoms with Crippen LogP contribution in [-0.4, -0.2) is 25.1 Å². The summed E-state index contributed by atoms with van der Waals surface area (Å²) in [5, 5.41) is 1.05. The number of aromatic nitrogens is 1. The number of hydrogen-bond acceptors (Lipinski definition) is 6. The summed E-state index contributed by atoms with van der Waals surface area (Å²) in [7, 11) is 3.13. The predicted molar refractivity (Wildman–Crippen MR) is 113 cm³/mol. The molecule has 4 aromatic rings. The van der Waals surface area contributed by atoms with Crippen molar-refractivity contribution in [1.29, 1.82) is 0 Å². The van der Waals surface area contributed by atoms with E-state index in [2.05, 4.69) is 4.98 Å². The van der Waals surface area contributed by atoms with Crippen LogP contribution in [0.4, 0.5) is 5.13 Å². The number of ether oxygens (including phenoxy) is 2. The molecule has 0 aliphatic heterocycles. The zero-order valence-corrected chi connectivity index (χ0v) is 17.3. The molecule has 0 saturated carbocycles. The first-order chi connectivity index (χ1) is 14.1. The number of methoxy groups -OCH3 is 2. The van der Waals surface area contributed by atoms with Gasteiger partial charge < -0.3 is 13.9 Å². The van der Waals surface area contributed by atoms with E-state index in [1.807, 2.05) is 6.07 Å². The van der Waals surface area contributed by atoms with Gasteiger partial charge in [-0.05, 0) is 42.5 Å². The minimum Gasteiger partial charge on any atom is -0.497 e. The maximum absolute atomic E-state index is 13.4. The number of carbonyl (C=O) groups excluding carboxylic acids is 1.